The van der Waals surface area contributed by atoms with Gasteiger partial charge in [0.05, 0.1) is 6.42 Å². The van der Waals surface area contributed by atoms with Crippen molar-refractivity contribution < 1.29 is 14.7 Å². The third-order valence-corrected chi connectivity index (χ3v) is 3.81. The predicted molar refractivity (Wildman–Crippen MR) is 82.3 cm³/mol. The van der Waals surface area contributed by atoms with E-state index < -0.39 is 12.0 Å². The predicted octanol–water partition coefficient (Wildman–Crippen LogP) is 2.09. The largest absolute Gasteiger partial charge is 0.480 e. The van der Waals surface area contributed by atoms with Gasteiger partial charge in [-0.25, -0.2) is 4.79 Å². The quantitative estimate of drug-likeness (QED) is 0.843. The lowest BCUT2D eigenvalue weighted by Gasteiger charge is -2.15. The zero-order chi connectivity index (χ0) is 15.3. The highest BCUT2D eigenvalue weighted by Crippen LogP contribution is 2.17. The van der Waals surface area contributed by atoms with E-state index in [2.05, 4.69) is 5.32 Å². The molecule has 0 fully saturated rings. The molecule has 0 heterocycles. The zero-order valence-electron chi connectivity index (χ0n) is 12.3. The highest BCUT2D eigenvalue weighted by atomic mass is 32.2. The van der Waals surface area contributed by atoms with Crippen LogP contribution in [0.3, 0.4) is 0 Å². The van der Waals surface area contributed by atoms with E-state index in [1.54, 1.807) is 0 Å². The van der Waals surface area contributed by atoms with Crippen LogP contribution in [0.15, 0.2) is 12.1 Å². The van der Waals surface area contributed by atoms with Crippen molar-refractivity contribution >= 4 is 23.6 Å². The maximum Gasteiger partial charge on any atom is 0.327 e. The van der Waals surface area contributed by atoms with Crippen LogP contribution in [-0.2, 0) is 16.0 Å². The normalized spacial score (nSPS) is 12.0. The molecule has 0 aliphatic carbocycles. The summed E-state index contributed by atoms with van der Waals surface area (Å²) in [6.45, 7) is 5.96. The second-order valence-corrected chi connectivity index (χ2v) is 5.88. The molecule has 1 aromatic rings. The number of benzene rings is 1. The first-order chi connectivity index (χ1) is 9.35. The number of carboxylic acids is 1. The molecule has 1 amide bonds. The monoisotopic (exact) mass is 295 g/mol. The molecule has 0 aliphatic rings. The Bertz CT molecular complexity index is 491. The molecule has 0 bridgehead atoms. The van der Waals surface area contributed by atoms with Crippen LogP contribution in [0.5, 0.6) is 0 Å². The Labute approximate surface area is 124 Å². The molecule has 5 heteroatoms. The van der Waals surface area contributed by atoms with Crippen LogP contribution in [0.1, 0.15) is 22.3 Å². The van der Waals surface area contributed by atoms with Crippen molar-refractivity contribution in [2.24, 2.45) is 0 Å². The van der Waals surface area contributed by atoms with Crippen molar-refractivity contribution in [3.05, 3.63) is 34.4 Å². The highest BCUT2D eigenvalue weighted by molar-refractivity contribution is 7.98. The molecular weight excluding hydrogens is 274 g/mol. The number of carbonyl (C=O) groups is 2. The average Bonchev–Trinajstić information content (AvgIpc) is 2.33. The summed E-state index contributed by atoms with van der Waals surface area (Å²) in [5.41, 5.74) is 4.26. The van der Waals surface area contributed by atoms with E-state index >= 15 is 0 Å². The molecule has 0 saturated carbocycles. The van der Waals surface area contributed by atoms with Crippen LogP contribution in [0, 0.1) is 20.8 Å². The Balaban J connectivity index is 2.78. The highest BCUT2D eigenvalue weighted by Gasteiger charge is 2.20. The fourth-order valence-corrected chi connectivity index (χ4v) is 2.80. The van der Waals surface area contributed by atoms with Crippen molar-refractivity contribution in [1.29, 1.82) is 0 Å². The molecule has 0 radical (unpaired) electrons. The number of amides is 1. The van der Waals surface area contributed by atoms with Gasteiger partial charge >= 0.3 is 5.97 Å². The summed E-state index contributed by atoms with van der Waals surface area (Å²) in [4.78, 5) is 23.0. The van der Waals surface area contributed by atoms with Gasteiger partial charge in [-0.15, -0.1) is 0 Å². The van der Waals surface area contributed by atoms with Crippen molar-refractivity contribution in [1.82, 2.24) is 5.32 Å². The van der Waals surface area contributed by atoms with Crippen LogP contribution in [-0.4, -0.2) is 35.0 Å². The molecule has 1 aromatic carbocycles. The molecule has 110 valence electrons. The van der Waals surface area contributed by atoms with Crippen molar-refractivity contribution in [2.45, 2.75) is 33.2 Å². The molecule has 0 saturated heterocycles. The lowest BCUT2D eigenvalue weighted by Crippen LogP contribution is -2.43. The third-order valence-electron chi connectivity index (χ3n) is 3.14. The van der Waals surface area contributed by atoms with Gasteiger partial charge in [0, 0.05) is 5.75 Å². The van der Waals surface area contributed by atoms with Gasteiger partial charge < -0.3 is 10.4 Å². The molecule has 1 rings (SSSR count). The van der Waals surface area contributed by atoms with Gasteiger partial charge in [-0.1, -0.05) is 17.7 Å². The number of aliphatic carboxylic acids is 1. The van der Waals surface area contributed by atoms with Crippen LogP contribution >= 0.6 is 11.8 Å². The molecule has 1 unspecified atom stereocenters. The number of hydrogen-bond acceptors (Lipinski definition) is 3. The van der Waals surface area contributed by atoms with Crippen LogP contribution in [0.2, 0.25) is 0 Å². The summed E-state index contributed by atoms with van der Waals surface area (Å²) < 4.78 is 0. The van der Waals surface area contributed by atoms with Gasteiger partial charge in [0.2, 0.25) is 5.91 Å². The maximum atomic E-state index is 12.0. The van der Waals surface area contributed by atoms with Crippen molar-refractivity contribution in [3.63, 3.8) is 0 Å². The standard InChI is InChI=1S/C15H21NO3S/c1-9-5-10(2)12(11(3)6-9)7-14(17)16-13(8-20-4)15(18)19/h5-6,13H,7-8H2,1-4H3,(H,16,17)(H,18,19). The van der Waals surface area contributed by atoms with E-state index in [-0.39, 0.29) is 12.3 Å². The smallest absolute Gasteiger partial charge is 0.327 e. The molecule has 4 nitrogen and oxygen atoms in total. The van der Waals surface area contributed by atoms with Crippen LogP contribution < -0.4 is 5.32 Å². The fourth-order valence-electron chi connectivity index (χ4n) is 2.24. The summed E-state index contributed by atoms with van der Waals surface area (Å²) in [6.07, 6.45) is 2.03. The van der Waals surface area contributed by atoms with Crippen LogP contribution in [0.4, 0.5) is 0 Å². The Hall–Kier alpha value is -1.49. The molecule has 20 heavy (non-hydrogen) atoms. The maximum absolute atomic E-state index is 12.0. The third kappa shape index (κ3) is 4.56. The van der Waals surface area contributed by atoms with Crippen LogP contribution in [0.25, 0.3) is 0 Å². The van der Waals surface area contributed by atoms with Gasteiger partial charge in [-0.2, -0.15) is 11.8 Å². The van der Waals surface area contributed by atoms with E-state index in [9.17, 15) is 9.59 Å². The molecular formula is C15H21NO3S. The van der Waals surface area contributed by atoms with Crippen molar-refractivity contribution in [2.75, 3.05) is 12.0 Å². The van der Waals surface area contributed by atoms with Gasteiger partial charge in [0.25, 0.3) is 0 Å². The summed E-state index contributed by atoms with van der Waals surface area (Å²) in [7, 11) is 0. The Morgan fingerprint density at radius 2 is 1.80 bits per heavy atom. The number of nitrogens with one attached hydrogen (secondary N) is 1. The van der Waals surface area contributed by atoms with E-state index in [0.717, 1.165) is 22.3 Å². The Kier molecular flexibility index (Phi) is 6.07. The minimum absolute atomic E-state index is 0.218. The molecule has 0 spiro atoms. The summed E-state index contributed by atoms with van der Waals surface area (Å²) in [5.74, 6) is -0.876. The van der Waals surface area contributed by atoms with Crippen molar-refractivity contribution in [3.8, 4) is 0 Å². The Morgan fingerprint density at radius 1 is 1.25 bits per heavy atom. The Morgan fingerprint density at radius 3 is 2.25 bits per heavy atom. The topological polar surface area (TPSA) is 66.4 Å². The summed E-state index contributed by atoms with van der Waals surface area (Å²) in [6, 6.07) is 3.24. The SMILES string of the molecule is CSCC(NC(=O)Cc1c(C)cc(C)cc1C)C(=O)O. The summed E-state index contributed by atoms with van der Waals surface area (Å²) >= 11 is 1.40. The molecule has 1 atom stereocenters. The molecule has 0 aromatic heterocycles. The van der Waals surface area contributed by atoms with E-state index in [1.165, 1.54) is 11.8 Å². The number of rotatable bonds is 6. The van der Waals surface area contributed by atoms with Gasteiger partial charge in [-0.05, 0) is 43.7 Å². The number of carbonyl (C=O) groups excluding carboxylic acids is 1. The number of hydrogen-bond donors (Lipinski definition) is 2. The first kappa shape index (κ1) is 16.6. The second kappa shape index (κ2) is 7.33. The summed E-state index contributed by atoms with van der Waals surface area (Å²) in [5, 5.41) is 11.6. The average molecular weight is 295 g/mol. The van der Waals surface area contributed by atoms with Gasteiger partial charge in [0.1, 0.15) is 6.04 Å². The lowest BCUT2D eigenvalue weighted by atomic mass is 9.97. The molecule has 2 N–H and O–H groups in total. The minimum atomic E-state index is -0.995. The molecule has 0 aliphatic heterocycles. The first-order valence-corrected chi connectivity index (χ1v) is 7.82. The van der Waals surface area contributed by atoms with E-state index in [4.69, 9.17) is 5.11 Å². The zero-order valence-corrected chi connectivity index (χ0v) is 13.1. The first-order valence-electron chi connectivity index (χ1n) is 6.43. The lowest BCUT2D eigenvalue weighted by molar-refractivity contribution is -0.141. The van der Waals surface area contributed by atoms with Gasteiger partial charge in [-0.3, -0.25) is 4.79 Å². The van der Waals surface area contributed by atoms with Gasteiger partial charge in [0.15, 0.2) is 0 Å². The van der Waals surface area contributed by atoms with E-state index in [1.807, 2.05) is 39.2 Å². The second-order valence-electron chi connectivity index (χ2n) is 4.97. The fraction of sp³-hybridized carbons (Fsp3) is 0.467. The number of thioether (sulfide) groups is 1. The minimum Gasteiger partial charge on any atom is -0.480 e. The number of carboxylic acid groups (broad SMARTS) is 1. The number of aryl methyl sites for hydroxylation is 3. The van der Waals surface area contributed by atoms with E-state index in [0.29, 0.717) is 5.75 Å².